The van der Waals surface area contributed by atoms with Crippen LogP contribution in [0.15, 0.2) is 82.4 Å². The van der Waals surface area contributed by atoms with Gasteiger partial charge in [-0.2, -0.15) is 0 Å². The van der Waals surface area contributed by atoms with Crippen LogP contribution < -0.4 is 5.32 Å². The Morgan fingerprint density at radius 3 is 2.70 bits per heavy atom. The Morgan fingerprint density at radius 2 is 1.93 bits per heavy atom. The average Bonchev–Trinajstić information content (AvgIpc) is 3.51. The van der Waals surface area contributed by atoms with Crippen LogP contribution in [0.4, 0.5) is 0 Å². The minimum atomic E-state index is -1.22. The number of aromatic amines is 1. The zero-order chi connectivity index (χ0) is 27.8. The number of carboxylic acids is 1. The van der Waals surface area contributed by atoms with E-state index in [9.17, 15) is 24.3 Å². The first kappa shape index (κ1) is 26.4. The van der Waals surface area contributed by atoms with Crippen LogP contribution in [0.25, 0.3) is 11.0 Å². The van der Waals surface area contributed by atoms with Crippen molar-refractivity contribution in [3.05, 3.63) is 83.3 Å². The fourth-order valence-corrected chi connectivity index (χ4v) is 7.13. The van der Waals surface area contributed by atoms with Gasteiger partial charge in [0.05, 0.1) is 24.1 Å². The summed E-state index contributed by atoms with van der Waals surface area (Å²) in [7, 11) is 0. The second kappa shape index (κ2) is 11.0. The molecule has 3 N–H and O–H groups in total. The number of nitrogens with zero attached hydrogens (tertiary/aromatic N) is 3. The molecule has 10 nitrogen and oxygen atoms in total. The molecule has 3 aromatic rings. The standard InChI is InChI=1S/C28H25N5O5S2/c34-22(40-18-6-2-1-3-7-18)13-29-23-26(36)33-24(28(37)38)17(15-39-27(23)33)12-16-10-11-32(25(16)35)14-21-30-19-8-4-5-9-20(19)31-21/h1-9,12,23,27,29H,10-11,13-15H2,(H,30,31)(H,37,38)/b16-12+/t23-,27-/m1/s1. The molecule has 6 rings (SSSR count). The van der Waals surface area contributed by atoms with Crippen molar-refractivity contribution in [2.75, 3.05) is 18.8 Å². The highest BCUT2D eigenvalue weighted by Crippen LogP contribution is 2.41. The number of fused-ring (bicyclic) bond motifs is 2. The largest absolute Gasteiger partial charge is 0.477 e. The zero-order valence-corrected chi connectivity index (χ0v) is 22.8. The fourth-order valence-electron chi connectivity index (χ4n) is 5.08. The Bertz CT molecular complexity index is 1550. The van der Waals surface area contributed by atoms with Crippen LogP contribution in [0, 0.1) is 0 Å². The van der Waals surface area contributed by atoms with E-state index in [0.29, 0.717) is 42.2 Å². The molecular weight excluding hydrogens is 550 g/mol. The number of rotatable bonds is 8. The van der Waals surface area contributed by atoms with Gasteiger partial charge in [0, 0.05) is 22.8 Å². The third-order valence-electron chi connectivity index (χ3n) is 6.98. The molecule has 2 fully saturated rings. The highest BCUT2D eigenvalue weighted by Gasteiger charge is 2.53. The number of para-hydroxylation sites is 2. The average molecular weight is 576 g/mol. The van der Waals surface area contributed by atoms with E-state index in [0.717, 1.165) is 27.7 Å². The molecule has 40 heavy (non-hydrogen) atoms. The van der Waals surface area contributed by atoms with Crippen LogP contribution >= 0.6 is 23.5 Å². The van der Waals surface area contributed by atoms with Crippen molar-refractivity contribution in [2.24, 2.45) is 0 Å². The van der Waals surface area contributed by atoms with Crippen LogP contribution in [-0.2, 0) is 25.7 Å². The van der Waals surface area contributed by atoms with Crippen LogP contribution in [0.3, 0.4) is 0 Å². The van der Waals surface area contributed by atoms with Gasteiger partial charge in [-0.05, 0) is 42.3 Å². The molecular formula is C28H25N5O5S2. The van der Waals surface area contributed by atoms with E-state index in [4.69, 9.17) is 0 Å². The van der Waals surface area contributed by atoms with Crippen LogP contribution in [0.5, 0.6) is 0 Å². The summed E-state index contributed by atoms with van der Waals surface area (Å²) in [6, 6.07) is 16.2. The number of likely N-dealkylation sites (tertiary alicyclic amines) is 1. The monoisotopic (exact) mass is 575 g/mol. The van der Waals surface area contributed by atoms with Gasteiger partial charge in [0.25, 0.3) is 0 Å². The van der Waals surface area contributed by atoms with Gasteiger partial charge in [-0.3, -0.25) is 24.6 Å². The predicted octanol–water partition coefficient (Wildman–Crippen LogP) is 2.75. The Labute approximate surface area is 237 Å². The van der Waals surface area contributed by atoms with Crippen LogP contribution in [0.1, 0.15) is 12.2 Å². The summed E-state index contributed by atoms with van der Waals surface area (Å²) >= 11 is 2.51. The predicted molar refractivity (Wildman–Crippen MR) is 151 cm³/mol. The molecule has 3 aliphatic rings. The first-order valence-electron chi connectivity index (χ1n) is 12.7. The number of hydrogen-bond acceptors (Lipinski definition) is 8. The number of benzene rings is 2. The number of aliphatic carboxylic acids is 1. The summed E-state index contributed by atoms with van der Waals surface area (Å²) in [5.41, 5.74) is 2.57. The van der Waals surface area contributed by atoms with Crippen molar-refractivity contribution in [2.45, 2.75) is 29.3 Å². The third-order valence-corrected chi connectivity index (χ3v) is 9.16. The number of allylic oxidation sites excluding steroid dienone is 1. The number of carbonyl (C=O) groups excluding carboxylic acids is 3. The second-order valence-electron chi connectivity index (χ2n) is 9.58. The summed E-state index contributed by atoms with van der Waals surface area (Å²) in [5, 5.41) is 12.4. The van der Waals surface area contributed by atoms with Crippen molar-refractivity contribution in [3.63, 3.8) is 0 Å². The minimum absolute atomic E-state index is 0.0144. The molecule has 4 heterocycles. The Hall–Kier alpha value is -3.87. The van der Waals surface area contributed by atoms with Crippen LogP contribution in [-0.4, -0.2) is 78.0 Å². The van der Waals surface area contributed by atoms with Gasteiger partial charge in [-0.1, -0.05) is 42.1 Å². The lowest BCUT2D eigenvalue weighted by atomic mass is 10.0. The third kappa shape index (κ3) is 5.05. The molecule has 0 bridgehead atoms. The fraction of sp³-hybridized carbons (Fsp3) is 0.250. The number of H-pyrrole nitrogens is 1. The molecule has 0 aliphatic carbocycles. The summed E-state index contributed by atoms with van der Waals surface area (Å²) in [6.07, 6.45) is 2.10. The van der Waals surface area contributed by atoms with E-state index in [1.54, 1.807) is 11.0 Å². The Balaban J connectivity index is 1.12. The highest BCUT2D eigenvalue weighted by atomic mass is 32.2. The van der Waals surface area contributed by atoms with E-state index >= 15 is 0 Å². The van der Waals surface area contributed by atoms with E-state index in [2.05, 4.69) is 15.3 Å². The molecule has 12 heteroatoms. The van der Waals surface area contributed by atoms with E-state index in [-0.39, 0.29) is 23.3 Å². The minimum Gasteiger partial charge on any atom is -0.477 e. The van der Waals surface area contributed by atoms with Gasteiger partial charge in [-0.15, -0.1) is 11.8 Å². The Morgan fingerprint density at radius 1 is 1.15 bits per heavy atom. The van der Waals surface area contributed by atoms with E-state index in [1.807, 2.05) is 54.6 Å². The van der Waals surface area contributed by atoms with Gasteiger partial charge >= 0.3 is 5.97 Å². The first-order chi connectivity index (χ1) is 19.4. The number of amides is 2. The number of thioether (sulfide) groups is 2. The van der Waals surface area contributed by atoms with Crippen LogP contribution in [0.2, 0.25) is 0 Å². The summed E-state index contributed by atoms with van der Waals surface area (Å²) in [5.74, 6) is -0.769. The quantitative estimate of drug-likeness (QED) is 0.210. The lowest BCUT2D eigenvalue weighted by molar-refractivity contribution is -0.149. The highest BCUT2D eigenvalue weighted by molar-refractivity contribution is 8.13. The molecule has 0 unspecified atom stereocenters. The van der Waals surface area contributed by atoms with Gasteiger partial charge in [-0.25, -0.2) is 9.78 Å². The number of nitrogens with one attached hydrogen (secondary N) is 2. The number of hydrogen-bond donors (Lipinski definition) is 3. The SMILES string of the molecule is O=C(CN[C@@H]1C(=O)N2C(C(=O)O)=C(/C=C3\CCN(Cc4nc5ccccc5[nH]4)C3=O)CS[C@H]12)Sc1ccccc1. The maximum absolute atomic E-state index is 13.1. The van der Waals surface area contributed by atoms with Crippen molar-refractivity contribution in [1.82, 2.24) is 25.1 Å². The van der Waals surface area contributed by atoms with E-state index in [1.165, 1.54) is 16.7 Å². The number of imidazole rings is 1. The smallest absolute Gasteiger partial charge is 0.352 e. The van der Waals surface area contributed by atoms with Crippen molar-refractivity contribution < 1.29 is 24.3 Å². The Kier molecular flexibility index (Phi) is 7.22. The first-order valence-corrected chi connectivity index (χ1v) is 14.6. The summed E-state index contributed by atoms with van der Waals surface area (Å²) in [4.78, 5) is 62.3. The lowest BCUT2D eigenvalue weighted by Crippen LogP contribution is -2.70. The molecule has 2 amide bonds. The number of carbonyl (C=O) groups is 4. The van der Waals surface area contributed by atoms with Crippen molar-refractivity contribution in [3.8, 4) is 0 Å². The number of β-lactam (4-membered cyclic amide) rings is 1. The molecule has 1 aromatic heterocycles. The van der Waals surface area contributed by atoms with Gasteiger partial charge in [0.2, 0.25) is 16.9 Å². The molecule has 2 saturated heterocycles. The maximum Gasteiger partial charge on any atom is 0.352 e. The molecule has 204 valence electrons. The summed E-state index contributed by atoms with van der Waals surface area (Å²) < 4.78 is 0. The molecule has 0 spiro atoms. The number of carboxylic acid groups (broad SMARTS) is 1. The second-order valence-corrected chi connectivity index (χ2v) is 11.8. The van der Waals surface area contributed by atoms with E-state index < -0.39 is 23.3 Å². The van der Waals surface area contributed by atoms with Gasteiger partial charge < -0.3 is 15.0 Å². The van der Waals surface area contributed by atoms with Gasteiger partial charge in [0.15, 0.2) is 0 Å². The topological polar surface area (TPSA) is 136 Å². The van der Waals surface area contributed by atoms with Crippen molar-refractivity contribution in [1.29, 1.82) is 0 Å². The number of aromatic nitrogens is 2. The van der Waals surface area contributed by atoms with Gasteiger partial charge in [0.1, 0.15) is 22.9 Å². The molecule has 2 aromatic carbocycles. The maximum atomic E-state index is 13.1. The molecule has 3 aliphatic heterocycles. The summed E-state index contributed by atoms with van der Waals surface area (Å²) in [6.45, 7) is 0.808. The van der Waals surface area contributed by atoms with Crippen molar-refractivity contribution >= 4 is 57.5 Å². The zero-order valence-electron chi connectivity index (χ0n) is 21.2. The molecule has 2 atom stereocenters. The molecule has 0 radical (unpaired) electrons. The molecule has 0 saturated carbocycles. The normalized spacial score (nSPS) is 21.8. The lowest BCUT2D eigenvalue weighted by Gasteiger charge is -2.49.